The highest BCUT2D eigenvalue weighted by atomic mass is 32.2. The fourth-order valence-corrected chi connectivity index (χ4v) is 6.68. The van der Waals surface area contributed by atoms with Crippen LogP contribution in [-0.2, 0) is 10.0 Å². The van der Waals surface area contributed by atoms with Crippen LogP contribution in [0.2, 0.25) is 0 Å². The Morgan fingerprint density at radius 2 is 1.88 bits per heavy atom. The van der Waals surface area contributed by atoms with Gasteiger partial charge in [0.15, 0.2) is 5.03 Å². The summed E-state index contributed by atoms with van der Waals surface area (Å²) in [5.41, 5.74) is 3.82. The second-order valence-electron chi connectivity index (χ2n) is 8.36. The summed E-state index contributed by atoms with van der Waals surface area (Å²) in [4.78, 5) is 6.40. The molecule has 5 rings (SSSR count). The Labute approximate surface area is 196 Å². The molecule has 1 fully saturated rings. The lowest BCUT2D eigenvalue weighted by molar-refractivity contribution is 0.148. The third-order valence-corrected chi connectivity index (χ3v) is 8.87. The average Bonchev–Trinajstić information content (AvgIpc) is 3.40. The van der Waals surface area contributed by atoms with E-state index < -0.39 is 10.0 Å². The Hall–Kier alpha value is -2.66. The minimum absolute atomic E-state index is 0.0909. The van der Waals surface area contributed by atoms with Gasteiger partial charge in [-0.3, -0.25) is 4.90 Å². The van der Waals surface area contributed by atoms with Gasteiger partial charge in [0.05, 0.1) is 22.4 Å². The van der Waals surface area contributed by atoms with E-state index in [1.165, 1.54) is 27.8 Å². The molecular formula is C23H24FN5O2S2. The number of likely N-dealkylation sites (N-methyl/N-ethyl adjacent to an activating group) is 1. The van der Waals surface area contributed by atoms with Gasteiger partial charge in [0, 0.05) is 36.4 Å². The third-order valence-electron chi connectivity index (χ3n) is 6.20. The summed E-state index contributed by atoms with van der Waals surface area (Å²) in [5, 5.41) is 7.92. The number of aryl methyl sites for hydroxylation is 2. The van der Waals surface area contributed by atoms with Crippen molar-refractivity contribution >= 4 is 32.3 Å². The maximum absolute atomic E-state index is 13.3. The molecule has 2 aromatic carbocycles. The lowest BCUT2D eigenvalue weighted by Crippen LogP contribution is -2.49. The molecular weight excluding hydrogens is 461 g/mol. The van der Waals surface area contributed by atoms with Crippen LogP contribution in [0, 0.1) is 19.7 Å². The van der Waals surface area contributed by atoms with Crippen molar-refractivity contribution < 1.29 is 12.8 Å². The number of fused-ring (bicyclic) bond motifs is 1. The average molecular weight is 486 g/mol. The smallest absolute Gasteiger partial charge is 0.261 e. The summed E-state index contributed by atoms with van der Waals surface area (Å²) in [5.74, 6) is -0.290. The molecule has 33 heavy (non-hydrogen) atoms. The minimum atomic E-state index is -3.64. The van der Waals surface area contributed by atoms with Crippen LogP contribution in [0.4, 0.5) is 4.39 Å². The van der Waals surface area contributed by atoms with Gasteiger partial charge < -0.3 is 0 Å². The van der Waals surface area contributed by atoms with Crippen molar-refractivity contribution in [1.82, 2.24) is 24.0 Å². The monoisotopic (exact) mass is 485 g/mol. The molecule has 0 radical (unpaired) electrons. The van der Waals surface area contributed by atoms with Gasteiger partial charge >= 0.3 is 0 Å². The number of piperazine rings is 1. The molecule has 0 aliphatic carbocycles. The van der Waals surface area contributed by atoms with E-state index in [1.807, 2.05) is 14.0 Å². The van der Waals surface area contributed by atoms with E-state index in [1.54, 1.807) is 35.3 Å². The largest absolute Gasteiger partial charge is 0.297 e. The Morgan fingerprint density at radius 3 is 2.58 bits per heavy atom. The van der Waals surface area contributed by atoms with Gasteiger partial charge in [-0.05, 0) is 68.4 Å². The van der Waals surface area contributed by atoms with Crippen molar-refractivity contribution in [2.75, 3.05) is 26.7 Å². The number of benzene rings is 2. The molecule has 0 N–H and O–H groups in total. The van der Waals surface area contributed by atoms with E-state index in [2.05, 4.69) is 27.1 Å². The standard InChI is InChI=1S/C23H24FN5O2S2/c1-15-10-21-17(12-25-29(21)19-6-4-18(24)5-7-19)11-20(15)22-13-28(9-8-27(22)3)33(30,31)23-14-32-16(2)26-23/h4-7,10-12,14,22H,8-9,13H2,1-3H3/t22-/m0/s1. The van der Waals surface area contributed by atoms with E-state index in [-0.39, 0.29) is 16.9 Å². The van der Waals surface area contributed by atoms with Crippen molar-refractivity contribution in [3.05, 3.63) is 69.9 Å². The van der Waals surface area contributed by atoms with Gasteiger partial charge in [0.2, 0.25) is 0 Å². The maximum Gasteiger partial charge on any atom is 0.261 e. The molecule has 1 saturated heterocycles. The van der Waals surface area contributed by atoms with E-state index in [4.69, 9.17) is 0 Å². The first kappa shape index (κ1) is 22.1. The molecule has 7 nitrogen and oxygen atoms in total. The number of nitrogens with zero attached hydrogens (tertiary/aromatic N) is 5. The Kier molecular flexibility index (Phi) is 5.56. The van der Waals surface area contributed by atoms with Gasteiger partial charge in [0.1, 0.15) is 5.82 Å². The predicted molar refractivity (Wildman–Crippen MR) is 127 cm³/mol. The Morgan fingerprint density at radius 1 is 1.12 bits per heavy atom. The SMILES string of the molecule is Cc1nc(S(=O)(=O)N2CCN(C)[C@H](c3cc4cnn(-c5ccc(F)cc5)c4cc3C)C2)cs1. The van der Waals surface area contributed by atoms with Crippen molar-refractivity contribution in [3.63, 3.8) is 0 Å². The van der Waals surface area contributed by atoms with Gasteiger partial charge in [-0.2, -0.15) is 9.40 Å². The van der Waals surface area contributed by atoms with Crippen LogP contribution in [-0.4, -0.2) is 59.1 Å². The van der Waals surface area contributed by atoms with Gasteiger partial charge in [-0.25, -0.2) is 22.5 Å². The molecule has 0 amide bonds. The molecule has 1 aliphatic heterocycles. The van der Waals surface area contributed by atoms with E-state index in [0.717, 1.165) is 32.7 Å². The van der Waals surface area contributed by atoms with Crippen LogP contribution < -0.4 is 0 Å². The lowest BCUT2D eigenvalue weighted by atomic mass is 9.97. The van der Waals surface area contributed by atoms with Crippen LogP contribution >= 0.6 is 11.3 Å². The van der Waals surface area contributed by atoms with Crippen LogP contribution in [0.5, 0.6) is 0 Å². The summed E-state index contributed by atoms with van der Waals surface area (Å²) >= 11 is 1.34. The highest BCUT2D eigenvalue weighted by Crippen LogP contribution is 2.33. The zero-order chi connectivity index (χ0) is 23.3. The summed E-state index contributed by atoms with van der Waals surface area (Å²) < 4.78 is 43.0. The van der Waals surface area contributed by atoms with Crippen molar-refractivity contribution in [2.24, 2.45) is 0 Å². The number of halogens is 1. The zero-order valence-electron chi connectivity index (χ0n) is 18.6. The van der Waals surface area contributed by atoms with Crippen LogP contribution in [0.3, 0.4) is 0 Å². The van der Waals surface area contributed by atoms with Crippen LogP contribution in [0.15, 0.2) is 53.0 Å². The highest BCUT2D eigenvalue weighted by Gasteiger charge is 2.35. The molecule has 10 heteroatoms. The van der Waals surface area contributed by atoms with Crippen LogP contribution in [0.25, 0.3) is 16.6 Å². The molecule has 0 bridgehead atoms. The fourth-order valence-electron chi connectivity index (χ4n) is 4.34. The predicted octanol–water partition coefficient (Wildman–Crippen LogP) is 3.92. The number of thiazole rings is 1. The van der Waals surface area contributed by atoms with Crippen LogP contribution in [0.1, 0.15) is 22.2 Å². The number of sulfonamides is 1. The highest BCUT2D eigenvalue weighted by molar-refractivity contribution is 7.89. The molecule has 4 aromatic rings. The van der Waals surface area contributed by atoms with E-state index in [0.29, 0.717) is 19.6 Å². The van der Waals surface area contributed by atoms with Crippen molar-refractivity contribution in [2.45, 2.75) is 24.9 Å². The van der Waals surface area contributed by atoms with E-state index >= 15 is 0 Å². The molecule has 0 saturated carbocycles. The maximum atomic E-state index is 13.3. The molecule has 0 unspecified atom stereocenters. The lowest BCUT2D eigenvalue weighted by Gasteiger charge is -2.39. The Bertz CT molecular complexity index is 1430. The number of hydrogen-bond acceptors (Lipinski definition) is 6. The molecule has 2 aromatic heterocycles. The number of rotatable bonds is 4. The summed E-state index contributed by atoms with van der Waals surface area (Å²) in [6, 6.07) is 10.3. The second kappa shape index (κ2) is 8.28. The Balaban J connectivity index is 1.50. The molecule has 1 atom stereocenters. The first-order chi connectivity index (χ1) is 15.7. The van der Waals surface area contributed by atoms with Crippen molar-refractivity contribution in [1.29, 1.82) is 0 Å². The van der Waals surface area contributed by atoms with Gasteiger partial charge in [-0.1, -0.05) is 0 Å². The third kappa shape index (κ3) is 3.97. The first-order valence-corrected chi connectivity index (χ1v) is 12.9. The normalized spacial score (nSPS) is 18.2. The summed E-state index contributed by atoms with van der Waals surface area (Å²) in [6.45, 7) is 5.24. The van der Waals surface area contributed by atoms with E-state index in [9.17, 15) is 12.8 Å². The van der Waals surface area contributed by atoms with Crippen molar-refractivity contribution in [3.8, 4) is 5.69 Å². The molecule has 1 aliphatic rings. The van der Waals surface area contributed by atoms with Gasteiger partial charge in [-0.15, -0.1) is 11.3 Å². The summed E-state index contributed by atoms with van der Waals surface area (Å²) in [6.07, 6.45) is 1.79. The molecule has 172 valence electrons. The topological polar surface area (TPSA) is 71.3 Å². The molecule has 3 heterocycles. The fraction of sp³-hybridized carbons (Fsp3) is 0.304. The van der Waals surface area contributed by atoms with Gasteiger partial charge in [0.25, 0.3) is 10.0 Å². The second-order valence-corrected chi connectivity index (χ2v) is 11.3. The summed E-state index contributed by atoms with van der Waals surface area (Å²) in [7, 11) is -1.62. The number of hydrogen-bond donors (Lipinski definition) is 0. The molecule has 0 spiro atoms. The zero-order valence-corrected chi connectivity index (χ0v) is 20.2. The number of aromatic nitrogens is 3. The quantitative estimate of drug-likeness (QED) is 0.438. The first-order valence-electron chi connectivity index (χ1n) is 10.6. The minimum Gasteiger partial charge on any atom is -0.297 e.